The van der Waals surface area contributed by atoms with Crippen LogP contribution in [0.15, 0.2) is 41.3 Å². The maximum atomic E-state index is 13.6. The van der Waals surface area contributed by atoms with E-state index in [4.69, 9.17) is 17.3 Å². The lowest BCUT2D eigenvalue weighted by molar-refractivity contribution is 0.598. The zero-order valence-electron chi connectivity index (χ0n) is 10.5. The van der Waals surface area contributed by atoms with E-state index in [2.05, 4.69) is 4.72 Å². The Balaban J connectivity index is 2.43. The first-order valence-electron chi connectivity index (χ1n) is 5.63. The molecule has 7 heteroatoms. The third kappa shape index (κ3) is 3.02. The average molecular weight is 315 g/mol. The molecule has 0 aliphatic heterocycles. The molecule has 20 heavy (non-hydrogen) atoms. The number of nitrogens with two attached hydrogens (primary N) is 1. The summed E-state index contributed by atoms with van der Waals surface area (Å²) in [4.78, 5) is -0.119. The van der Waals surface area contributed by atoms with Gasteiger partial charge in [-0.15, -0.1) is 0 Å². The molecule has 0 saturated heterocycles. The van der Waals surface area contributed by atoms with E-state index in [-0.39, 0.29) is 21.3 Å². The van der Waals surface area contributed by atoms with Gasteiger partial charge in [-0.3, -0.25) is 4.72 Å². The van der Waals surface area contributed by atoms with Gasteiger partial charge in [-0.25, -0.2) is 12.8 Å². The lowest BCUT2D eigenvalue weighted by Crippen LogP contribution is -2.14. The molecule has 0 aliphatic carbocycles. The fourth-order valence-corrected chi connectivity index (χ4v) is 3.30. The van der Waals surface area contributed by atoms with Crippen LogP contribution in [-0.2, 0) is 10.0 Å². The highest BCUT2D eigenvalue weighted by Gasteiger charge is 2.19. The second-order valence-corrected chi connectivity index (χ2v) is 6.34. The molecule has 0 aliphatic rings. The van der Waals surface area contributed by atoms with Gasteiger partial charge in [-0.2, -0.15) is 0 Å². The van der Waals surface area contributed by atoms with Gasteiger partial charge in [-0.05, 0) is 42.8 Å². The molecule has 0 unspecified atom stereocenters. The van der Waals surface area contributed by atoms with Crippen molar-refractivity contribution >= 4 is 33.0 Å². The fourth-order valence-electron chi connectivity index (χ4n) is 1.64. The molecule has 0 spiro atoms. The van der Waals surface area contributed by atoms with E-state index in [0.29, 0.717) is 0 Å². The summed E-state index contributed by atoms with van der Waals surface area (Å²) in [5.74, 6) is -0.717. The number of aryl methyl sites for hydroxylation is 1. The van der Waals surface area contributed by atoms with Crippen molar-refractivity contribution < 1.29 is 12.8 Å². The molecule has 2 rings (SSSR count). The number of hydrogen-bond donors (Lipinski definition) is 2. The van der Waals surface area contributed by atoms with E-state index in [1.807, 2.05) is 0 Å². The largest absolute Gasteiger partial charge is 0.399 e. The summed E-state index contributed by atoms with van der Waals surface area (Å²) < 4.78 is 40.1. The molecular formula is C13H12ClFN2O2S. The second-order valence-electron chi connectivity index (χ2n) is 4.28. The van der Waals surface area contributed by atoms with Crippen LogP contribution in [0.2, 0.25) is 5.02 Å². The quantitative estimate of drug-likeness (QED) is 0.855. The Labute approximate surface area is 121 Å². The van der Waals surface area contributed by atoms with Gasteiger partial charge >= 0.3 is 0 Å². The summed E-state index contributed by atoms with van der Waals surface area (Å²) in [6.45, 7) is 1.78. The van der Waals surface area contributed by atoms with Crippen LogP contribution in [0.3, 0.4) is 0 Å². The minimum atomic E-state index is -3.98. The Bertz CT molecular complexity index is 763. The Morgan fingerprint density at radius 2 is 1.90 bits per heavy atom. The van der Waals surface area contributed by atoms with Crippen molar-refractivity contribution in [3.63, 3.8) is 0 Å². The van der Waals surface area contributed by atoms with Crippen molar-refractivity contribution in [1.82, 2.24) is 0 Å². The second kappa shape index (κ2) is 5.30. The molecule has 2 aromatic rings. The van der Waals surface area contributed by atoms with E-state index < -0.39 is 15.8 Å². The van der Waals surface area contributed by atoms with Gasteiger partial charge in [0.05, 0.1) is 10.7 Å². The number of anilines is 2. The molecule has 106 valence electrons. The molecule has 0 aromatic heterocycles. The van der Waals surface area contributed by atoms with Crippen molar-refractivity contribution in [3.05, 3.63) is 52.8 Å². The molecule has 0 radical (unpaired) electrons. The number of halogens is 2. The van der Waals surface area contributed by atoms with E-state index >= 15 is 0 Å². The van der Waals surface area contributed by atoms with E-state index in [9.17, 15) is 12.8 Å². The molecule has 0 amide bonds. The number of benzene rings is 2. The van der Waals surface area contributed by atoms with Crippen LogP contribution in [0.25, 0.3) is 0 Å². The van der Waals surface area contributed by atoms with Gasteiger partial charge in [0.25, 0.3) is 10.0 Å². The Morgan fingerprint density at radius 1 is 1.20 bits per heavy atom. The molecule has 0 fully saturated rings. The smallest absolute Gasteiger partial charge is 0.263 e. The van der Waals surface area contributed by atoms with Crippen LogP contribution >= 0.6 is 11.6 Å². The topological polar surface area (TPSA) is 72.2 Å². The third-order valence-corrected chi connectivity index (χ3v) is 4.46. The van der Waals surface area contributed by atoms with Gasteiger partial charge in [0.1, 0.15) is 10.7 Å². The monoisotopic (exact) mass is 314 g/mol. The lowest BCUT2D eigenvalue weighted by Gasteiger charge is -2.11. The number of sulfonamides is 1. The summed E-state index contributed by atoms with van der Waals surface area (Å²) in [6.07, 6.45) is 0. The Morgan fingerprint density at radius 3 is 2.55 bits per heavy atom. The molecule has 0 saturated carbocycles. The maximum absolute atomic E-state index is 13.6. The third-order valence-electron chi connectivity index (χ3n) is 2.61. The molecule has 4 nitrogen and oxygen atoms in total. The Kier molecular flexibility index (Phi) is 3.87. The minimum Gasteiger partial charge on any atom is -0.399 e. The normalized spacial score (nSPS) is 11.3. The fraction of sp³-hybridized carbons (Fsp3) is 0.0769. The van der Waals surface area contributed by atoms with Gasteiger partial charge < -0.3 is 5.73 Å². The number of nitrogen functional groups attached to an aromatic ring is 1. The first-order chi connectivity index (χ1) is 9.29. The first kappa shape index (κ1) is 14.6. The molecule has 2 aromatic carbocycles. The van der Waals surface area contributed by atoms with Crippen LogP contribution in [0, 0.1) is 12.7 Å². The summed E-state index contributed by atoms with van der Waals surface area (Å²) in [7, 11) is -3.98. The molecule has 0 atom stereocenters. The summed E-state index contributed by atoms with van der Waals surface area (Å²) in [5, 5.41) is 0.0711. The lowest BCUT2D eigenvalue weighted by atomic mass is 10.2. The highest BCUT2D eigenvalue weighted by Crippen LogP contribution is 2.26. The van der Waals surface area contributed by atoms with Gasteiger partial charge in [-0.1, -0.05) is 17.7 Å². The average Bonchev–Trinajstić information content (AvgIpc) is 2.33. The van der Waals surface area contributed by atoms with E-state index in [1.165, 1.54) is 24.3 Å². The van der Waals surface area contributed by atoms with E-state index in [1.54, 1.807) is 13.0 Å². The SMILES string of the molecule is Cc1ccc(S(=O)(=O)Nc2cc(N)ccc2F)c(Cl)c1. The zero-order valence-corrected chi connectivity index (χ0v) is 12.1. The molecule has 0 bridgehead atoms. The van der Waals surface area contributed by atoms with Crippen LogP contribution < -0.4 is 10.5 Å². The predicted octanol–water partition coefficient (Wildman–Crippen LogP) is 3.17. The van der Waals surface area contributed by atoms with Crippen LogP contribution in [-0.4, -0.2) is 8.42 Å². The summed E-state index contributed by atoms with van der Waals surface area (Å²) in [5.41, 5.74) is 6.36. The summed E-state index contributed by atoms with van der Waals surface area (Å²) >= 11 is 5.91. The first-order valence-corrected chi connectivity index (χ1v) is 7.50. The van der Waals surface area contributed by atoms with Gasteiger partial charge in [0.15, 0.2) is 0 Å². The van der Waals surface area contributed by atoms with Crippen LogP contribution in [0.1, 0.15) is 5.56 Å². The Hall–Kier alpha value is -1.79. The van der Waals surface area contributed by atoms with Gasteiger partial charge in [0.2, 0.25) is 0 Å². The van der Waals surface area contributed by atoms with E-state index in [0.717, 1.165) is 11.6 Å². The molecule has 3 N–H and O–H groups in total. The van der Waals surface area contributed by atoms with Crippen LogP contribution in [0.4, 0.5) is 15.8 Å². The number of nitrogens with one attached hydrogen (secondary N) is 1. The highest BCUT2D eigenvalue weighted by atomic mass is 35.5. The van der Waals surface area contributed by atoms with Crippen molar-refractivity contribution in [2.24, 2.45) is 0 Å². The molecule has 0 heterocycles. The van der Waals surface area contributed by atoms with Crippen molar-refractivity contribution in [1.29, 1.82) is 0 Å². The minimum absolute atomic E-state index is 0.0711. The van der Waals surface area contributed by atoms with Crippen LogP contribution in [0.5, 0.6) is 0 Å². The molecular weight excluding hydrogens is 303 g/mol. The van der Waals surface area contributed by atoms with Crippen molar-refractivity contribution in [2.75, 3.05) is 10.5 Å². The van der Waals surface area contributed by atoms with Gasteiger partial charge in [0, 0.05) is 5.69 Å². The zero-order chi connectivity index (χ0) is 14.9. The predicted molar refractivity (Wildman–Crippen MR) is 77.8 cm³/mol. The standard InChI is InChI=1S/C13H12ClFN2O2S/c1-8-2-5-13(10(14)6-8)20(18,19)17-12-7-9(16)3-4-11(12)15/h2-7,17H,16H2,1H3. The number of rotatable bonds is 3. The van der Waals surface area contributed by atoms with Crippen molar-refractivity contribution in [3.8, 4) is 0 Å². The highest BCUT2D eigenvalue weighted by molar-refractivity contribution is 7.92. The maximum Gasteiger partial charge on any atom is 0.263 e. The summed E-state index contributed by atoms with van der Waals surface area (Å²) in [6, 6.07) is 8.12. The number of hydrogen-bond acceptors (Lipinski definition) is 3. The van der Waals surface area contributed by atoms with Crippen molar-refractivity contribution in [2.45, 2.75) is 11.8 Å².